The third-order valence-electron chi connectivity index (χ3n) is 5.66. The number of fused-ring (bicyclic) bond motifs is 1. The highest BCUT2D eigenvalue weighted by atomic mass is 35.5. The van der Waals surface area contributed by atoms with Crippen molar-refractivity contribution in [3.05, 3.63) is 64.0 Å². The number of benzene rings is 2. The SMILES string of the molecule is Cc1ccc(N2CCN(C(=O)OCCSCCNC(=O)c3sc4ccccc4c3Cl)CC2)cc1. The number of halogens is 1. The Morgan fingerprint density at radius 1 is 1.06 bits per heavy atom. The molecule has 0 atom stereocenters. The van der Waals surface area contributed by atoms with Crippen LogP contribution in [-0.2, 0) is 4.74 Å². The quantitative estimate of drug-likeness (QED) is 0.412. The molecule has 2 heterocycles. The van der Waals surface area contributed by atoms with Crippen molar-refractivity contribution in [2.24, 2.45) is 0 Å². The largest absolute Gasteiger partial charge is 0.449 e. The molecular formula is C25H28ClN3O3S2. The number of carbonyl (C=O) groups excluding carboxylic acids is 2. The fourth-order valence-electron chi connectivity index (χ4n) is 3.76. The monoisotopic (exact) mass is 517 g/mol. The lowest BCUT2D eigenvalue weighted by Gasteiger charge is -2.35. The molecule has 34 heavy (non-hydrogen) atoms. The van der Waals surface area contributed by atoms with Gasteiger partial charge >= 0.3 is 6.09 Å². The minimum Gasteiger partial charge on any atom is -0.449 e. The Hall–Kier alpha value is -2.42. The predicted molar refractivity (Wildman–Crippen MR) is 143 cm³/mol. The molecule has 0 unspecified atom stereocenters. The average Bonchev–Trinajstić information content (AvgIpc) is 3.20. The zero-order chi connectivity index (χ0) is 23.9. The van der Waals surface area contributed by atoms with E-state index in [1.54, 1.807) is 16.7 Å². The summed E-state index contributed by atoms with van der Waals surface area (Å²) in [6.45, 7) is 5.89. The number of thiophene rings is 1. The first kappa shape index (κ1) is 24.7. The number of aryl methyl sites for hydroxylation is 1. The van der Waals surface area contributed by atoms with E-state index in [1.165, 1.54) is 22.6 Å². The van der Waals surface area contributed by atoms with Gasteiger partial charge in [0.25, 0.3) is 5.91 Å². The van der Waals surface area contributed by atoms with Crippen LogP contribution in [0.15, 0.2) is 48.5 Å². The molecular weight excluding hydrogens is 490 g/mol. The standard InChI is InChI=1S/C25H28ClN3O3S2/c1-18-6-8-19(9-7-18)28-11-13-29(14-12-28)25(31)32-15-17-33-16-10-27-24(30)23-22(26)20-4-2-3-5-21(20)34-23/h2-9H,10-17H2,1H3,(H,27,30). The van der Waals surface area contributed by atoms with Gasteiger partial charge in [-0.15, -0.1) is 11.3 Å². The predicted octanol–water partition coefficient (Wildman–Crippen LogP) is 5.28. The second-order valence-corrected chi connectivity index (χ2v) is 10.7. The van der Waals surface area contributed by atoms with Gasteiger partial charge in [-0.25, -0.2) is 4.79 Å². The number of thioether (sulfide) groups is 1. The fraction of sp³-hybridized carbons (Fsp3) is 0.360. The van der Waals surface area contributed by atoms with E-state index in [0.29, 0.717) is 41.9 Å². The van der Waals surface area contributed by atoms with Crippen molar-refractivity contribution in [2.75, 3.05) is 55.7 Å². The summed E-state index contributed by atoms with van der Waals surface area (Å²) in [5.41, 5.74) is 2.43. The number of nitrogens with zero attached hydrogens (tertiary/aromatic N) is 2. The van der Waals surface area contributed by atoms with Gasteiger partial charge in [0.2, 0.25) is 0 Å². The molecule has 0 aliphatic carbocycles. The lowest BCUT2D eigenvalue weighted by Crippen LogP contribution is -2.49. The minimum atomic E-state index is -0.253. The molecule has 2 amide bonds. The number of hydrogen-bond donors (Lipinski definition) is 1. The maximum absolute atomic E-state index is 12.4. The van der Waals surface area contributed by atoms with E-state index < -0.39 is 0 Å². The van der Waals surface area contributed by atoms with E-state index in [-0.39, 0.29) is 12.0 Å². The summed E-state index contributed by atoms with van der Waals surface area (Å²) in [6.07, 6.45) is -0.253. The molecule has 1 N–H and O–H groups in total. The van der Waals surface area contributed by atoms with Crippen LogP contribution >= 0.6 is 34.7 Å². The Labute approximate surface area is 213 Å². The van der Waals surface area contributed by atoms with E-state index in [2.05, 4.69) is 41.4 Å². The van der Waals surface area contributed by atoms with Gasteiger partial charge in [-0.2, -0.15) is 11.8 Å². The highest BCUT2D eigenvalue weighted by Gasteiger charge is 2.22. The van der Waals surface area contributed by atoms with Crippen LogP contribution in [0.3, 0.4) is 0 Å². The van der Waals surface area contributed by atoms with Gasteiger partial charge in [0, 0.05) is 60.0 Å². The van der Waals surface area contributed by atoms with Crippen LogP contribution in [-0.4, -0.2) is 67.7 Å². The third-order valence-corrected chi connectivity index (χ3v) is 8.29. The van der Waals surface area contributed by atoms with E-state index >= 15 is 0 Å². The molecule has 3 aromatic rings. The second kappa shape index (κ2) is 11.8. The van der Waals surface area contributed by atoms with Crippen LogP contribution in [0.1, 0.15) is 15.2 Å². The van der Waals surface area contributed by atoms with Gasteiger partial charge in [0.15, 0.2) is 0 Å². The molecule has 2 aromatic carbocycles. The molecule has 180 valence electrons. The maximum Gasteiger partial charge on any atom is 0.409 e. The second-order valence-electron chi connectivity index (χ2n) is 8.03. The van der Waals surface area contributed by atoms with Crippen LogP contribution < -0.4 is 10.2 Å². The minimum absolute atomic E-state index is 0.150. The van der Waals surface area contributed by atoms with Crippen molar-refractivity contribution in [1.29, 1.82) is 0 Å². The summed E-state index contributed by atoms with van der Waals surface area (Å²) in [5.74, 6) is 1.28. The number of amides is 2. The van der Waals surface area contributed by atoms with Gasteiger partial charge < -0.3 is 19.9 Å². The lowest BCUT2D eigenvalue weighted by atomic mass is 10.2. The van der Waals surface area contributed by atoms with Crippen LogP contribution in [0.2, 0.25) is 5.02 Å². The Morgan fingerprint density at radius 2 is 1.79 bits per heavy atom. The Balaban J connectivity index is 1.09. The summed E-state index contributed by atoms with van der Waals surface area (Å²) in [5, 5.41) is 4.34. The molecule has 4 rings (SSSR count). The normalized spacial score (nSPS) is 13.8. The summed E-state index contributed by atoms with van der Waals surface area (Å²) < 4.78 is 6.43. The van der Waals surface area contributed by atoms with Crippen LogP contribution in [0.5, 0.6) is 0 Å². The lowest BCUT2D eigenvalue weighted by molar-refractivity contribution is 0.0960. The highest BCUT2D eigenvalue weighted by Crippen LogP contribution is 2.34. The summed E-state index contributed by atoms with van der Waals surface area (Å²) in [6, 6.07) is 16.2. The van der Waals surface area contributed by atoms with E-state index in [4.69, 9.17) is 16.3 Å². The van der Waals surface area contributed by atoms with Gasteiger partial charge in [-0.1, -0.05) is 47.5 Å². The summed E-state index contributed by atoms with van der Waals surface area (Å²) in [7, 11) is 0. The van der Waals surface area contributed by atoms with Crippen molar-refractivity contribution in [3.8, 4) is 0 Å². The molecule has 0 spiro atoms. The number of ether oxygens (including phenoxy) is 1. The van der Waals surface area contributed by atoms with Crippen molar-refractivity contribution in [3.63, 3.8) is 0 Å². The molecule has 9 heteroatoms. The first-order chi connectivity index (χ1) is 16.5. The van der Waals surface area contributed by atoms with Gasteiger partial charge in [-0.05, 0) is 25.1 Å². The number of carbonyl (C=O) groups is 2. The topological polar surface area (TPSA) is 61.9 Å². The Morgan fingerprint density at radius 3 is 2.53 bits per heavy atom. The Bertz CT molecular complexity index is 1130. The molecule has 1 aliphatic rings. The first-order valence-electron chi connectivity index (χ1n) is 11.3. The molecule has 1 aliphatic heterocycles. The van der Waals surface area contributed by atoms with E-state index in [0.717, 1.165) is 28.9 Å². The molecule has 0 bridgehead atoms. The number of nitrogens with one attached hydrogen (secondary N) is 1. The number of rotatable bonds is 8. The molecule has 0 saturated carbocycles. The maximum atomic E-state index is 12.4. The average molecular weight is 518 g/mol. The van der Waals surface area contributed by atoms with Crippen LogP contribution in [0.4, 0.5) is 10.5 Å². The molecule has 1 saturated heterocycles. The smallest absolute Gasteiger partial charge is 0.409 e. The molecule has 1 aromatic heterocycles. The van der Waals surface area contributed by atoms with Gasteiger partial charge in [0.05, 0.1) is 5.02 Å². The van der Waals surface area contributed by atoms with Crippen LogP contribution in [0, 0.1) is 6.92 Å². The van der Waals surface area contributed by atoms with Crippen molar-refractivity contribution < 1.29 is 14.3 Å². The van der Waals surface area contributed by atoms with Gasteiger partial charge in [0.1, 0.15) is 11.5 Å². The van der Waals surface area contributed by atoms with Crippen molar-refractivity contribution >= 4 is 62.5 Å². The van der Waals surface area contributed by atoms with Crippen molar-refractivity contribution in [1.82, 2.24) is 10.2 Å². The fourth-order valence-corrected chi connectivity index (χ4v) is 5.85. The summed E-state index contributed by atoms with van der Waals surface area (Å²) in [4.78, 5) is 29.4. The number of piperazine rings is 1. The third kappa shape index (κ3) is 6.17. The van der Waals surface area contributed by atoms with Crippen LogP contribution in [0.25, 0.3) is 10.1 Å². The van der Waals surface area contributed by atoms with Gasteiger partial charge in [-0.3, -0.25) is 4.79 Å². The zero-order valence-electron chi connectivity index (χ0n) is 19.1. The highest BCUT2D eigenvalue weighted by molar-refractivity contribution is 7.99. The summed E-state index contributed by atoms with van der Waals surface area (Å²) >= 11 is 9.40. The molecule has 1 fully saturated rings. The zero-order valence-corrected chi connectivity index (χ0v) is 21.5. The number of anilines is 1. The Kier molecular flexibility index (Phi) is 8.59. The molecule has 0 radical (unpaired) electrons. The number of hydrogen-bond acceptors (Lipinski definition) is 6. The van der Waals surface area contributed by atoms with E-state index in [1.807, 2.05) is 24.3 Å². The molecule has 6 nitrogen and oxygen atoms in total. The van der Waals surface area contributed by atoms with Crippen molar-refractivity contribution in [2.45, 2.75) is 6.92 Å². The van der Waals surface area contributed by atoms with E-state index in [9.17, 15) is 9.59 Å². The first-order valence-corrected chi connectivity index (χ1v) is 13.6.